The van der Waals surface area contributed by atoms with Gasteiger partial charge < -0.3 is 14.7 Å². The van der Waals surface area contributed by atoms with Crippen LogP contribution in [0, 0.1) is 5.92 Å². The molecule has 0 bridgehead atoms. The van der Waals surface area contributed by atoms with E-state index in [4.69, 9.17) is 9.84 Å². The van der Waals surface area contributed by atoms with Crippen molar-refractivity contribution >= 4 is 28.8 Å². The van der Waals surface area contributed by atoms with E-state index in [1.54, 1.807) is 0 Å². The molecule has 7 heteroatoms. The van der Waals surface area contributed by atoms with Crippen LogP contribution >= 0.6 is 11.8 Å². The van der Waals surface area contributed by atoms with Crippen LogP contribution in [0.5, 0.6) is 0 Å². The molecule has 0 aliphatic carbocycles. The summed E-state index contributed by atoms with van der Waals surface area (Å²) in [4.78, 5) is 35.0. The molecule has 1 saturated heterocycles. The molecule has 1 fully saturated rings. The number of carbonyl (C=O) groups excluding carboxylic acids is 2. The summed E-state index contributed by atoms with van der Waals surface area (Å²) in [6.07, 6.45) is 0.299. The molecule has 0 aromatic rings. The van der Waals surface area contributed by atoms with E-state index in [9.17, 15) is 14.4 Å². The zero-order valence-electron chi connectivity index (χ0n) is 10.4. The van der Waals surface area contributed by atoms with E-state index in [1.165, 1.54) is 30.7 Å². The van der Waals surface area contributed by atoms with Gasteiger partial charge in [-0.25, -0.2) is 4.79 Å². The lowest BCUT2D eigenvalue weighted by Crippen LogP contribution is -2.45. The van der Waals surface area contributed by atoms with Crippen molar-refractivity contribution in [3.8, 4) is 0 Å². The first-order valence-electron chi connectivity index (χ1n) is 5.60. The lowest BCUT2D eigenvalue weighted by atomic mass is 10.1. The molecule has 1 N–H and O–H groups in total. The second-order valence-electron chi connectivity index (χ2n) is 4.23. The molecular formula is C11H17NO5S. The summed E-state index contributed by atoms with van der Waals surface area (Å²) in [5.74, 6) is -0.666. The highest BCUT2D eigenvalue weighted by atomic mass is 32.2. The van der Waals surface area contributed by atoms with Crippen molar-refractivity contribution < 1.29 is 24.2 Å². The lowest BCUT2D eigenvalue weighted by Gasteiger charge is -2.23. The third-order valence-electron chi connectivity index (χ3n) is 2.75. The van der Waals surface area contributed by atoms with E-state index in [-0.39, 0.29) is 23.5 Å². The molecule has 1 aliphatic rings. The summed E-state index contributed by atoms with van der Waals surface area (Å²) in [5.41, 5.74) is 0. The van der Waals surface area contributed by atoms with Crippen molar-refractivity contribution in [2.75, 3.05) is 26.0 Å². The van der Waals surface area contributed by atoms with Crippen molar-refractivity contribution in [2.24, 2.45) is 5.92 Å². The molecule has 0 aromatic heterocycles. The van der Waals surface area contributed by atoms with Crippen molar-refractivity contribution in [1.82, 2.24) is 4.90 Å². The van der Waals surface area contributed by atoms with Gasteiger partial charge in [-0.15, -0.1) is 0 Å². The fourth-order valence-electron chi connectivity index (χ4n) is 1.91. The number of carbonyl (C=O) groups is 3. The summed E-state index contributed by atoms with van der Waals surface area (Å²) in [6, 6.07) is -0.935. The van der Waals surface area contributed by atoms with E-state index in [2.05, 4.69) is 0 Å². The van der Waals surface area contributed by atoms with Crippen LogP contribution in [0.15, 0.2) is 0 Å². The highest BCUT2D eigenvalue weighted by Crippen LogP contribution is 2.24. The van der Waals surface area contributed by atoms with Crippen LogP contribution in [0.4, 0.5) is 0 Å². The number of methoxy groups -OCH3 is 1. The molecule has 0 radical (unpaired) electrons. The molecule has 1 unspecified atom stereocenters. The Labute approximate surface area is 110 Å². The lowest BCUT2D eigenvalue weighted by molar-refractivity contribution is -0.150. The van der Waals surface area contributed by atoms with E-state index in [0.717, 1.165) is 0 Å². The Bertz CT molecular complexity index is 346. The van der Waals surface area contributed by atoms with Gasteiger partial charge in [-0.2, -0.15) is 0 Å². The Balaban J connectivity index is 2.59. The van der Waals surface area contributed by atoms with Gasteiger partial charge in [0.25, 0.3) is 0 Å². The predicted molar refractivity (Wildman–Crippen MR) is 66.3 cm³/mol. The zero-order valence-corrected chi connectivity index (χ0v) is 11.2. The van der Waals surface area contributed by atoms with Crippen molar-refractivity contribution in [3.05, 3.63) is 0 Å². The molecule has 0 saturated carbocycles. The fourth-order valence-corrected chi connectivity index (χ4v) is 2.60. The van der Waals surface area contributed by atoms with Crippen LogP contribution < -0.4 is 0 Å². The first kappa shape index (κ1) is 15.0. The Morgan fingerprint density at radius 3 is 2.78 bits per heavy atom. The average molecular weight is 275 g/mol. The van der Waals surface area contributed by atoms with Crippen molar-refractivity contribution in [3.63, 3.8) is 0 Å². The van der Waals surface area contributed by atoms with Crippen LogP contribution in [0.3, 0.4) is 0 Å². The Morgan fingerprint density at radius 2 is 2.28 bits per heavy atom. The molecule has 2 atom stereocenters. The molecule has 1 heterocycles. The maximum Gasteiger partial charge on any atom is 0.328 e. The van der Waals surface area contributed by atoms with E-state index < -0.39 is 12.0 Å². The van der Waals surface area contributed by atoms with Crippen LogP contribution in [0.2, 0.25) is 0 Å². The van der Waals surface area contributed by atoms with E-state index in [1.807, 2.05) is 0 Å². The summed E-state index contributed by atoms with van der Waals surface area (Å²) >= 11 is 1.17. The number of likely N-dealkylation sites (tertiary alicyclic amines) is 1. The SMILES string of the molecule is COC[C@@H](C(=O)O)N1CC(CSC(C)=O)CC1=O. The zero-order chi connectivity index (χ0) is 13.7. The number of hydrogen-bond acceptors (Lipinski definition) is 5. The second kappa shape index (κ2) is 6.75. The van der Waals surface area contributed by atoms with Gasteiger partial charge in [0.15, 0.2) is 11.2 Å². The maximum absolute atomic E-state index is 11.8. The van der Waals surface area contributed by atoms with E-state index in [0.29, 0.717) is 18.7 Å². The summed E-state index contributed by atoms with van der Waals surface area (Å²) < 4.78 is 4.83. The number of aliphatic carboxylic acids is 1. The third kappa shape index (κ3) is 3.99. The first-order valence-corrected chi connectivity index (χ1v) is 6.58. The molecule has 0 spiro atoms. The van der Waals surface area contributed by atoms with Crippen molar-refractivity contribution in [2.45, 2.75) is 19.4 Å². The number of carboxylic acids is 1. The van der Waals surface area contributed by atoms with Gasteiger partial charge in [-0.3, -0.25) is 9.59 Å². The second-order valence-corrected chi connectivity index (χ2v) is 5.43. The van der Waals surface area contributed by atoms with Crippen molar-refractivity contribution in [1.29, 1.82) is 0 Å². The number of thioether (sulfide) groups is 1. The Kier molecular flexibility index (Phi) is 5.61. The molecule has 0 aromatic carbocycles. The number of rotatable bonds is 6. The van der Waals surface area contributed by atoms with Gasteiger partial charge in [0.05, 0.1) is 6.61 Å². The summed E-state index contributed by atoms with van der Waals surface area (Å²) in [5, 5.41) is 9.06. The smallest absolute Gasteiger partial charge is 0.328 e. The van der Waals surface area contributed by atoms with Gasteiger partial charge in [0.1, 0.15) is 0 Å². The van der Waals surface area contributed by atoms with Gasteiger partial charge in [0, 0.05) is 32.8 Å². The number of amides is 1. The molecule has 1 amide bonds. The number of hydrogen-bond donors (Lipinski definition) is 1. The van der Waals surface area contributed by atoms with Gasteiger partial charge >= 0.3 is 5.97 Å². The van der Waals surface area contributed by atoms with E-state index >= 15 is 0 Å². The topological polar surface area (TPSA) is 83.9 Å². The third-order valence-corrected chi connectivity index (χ3v) is 3.79. The predicted octanol–water partition coefficient (Wildman–Crippen LogP) is 0.214. The van der Waals surface area contributed by atoms with Gasteiger partial charge in [0.2, 0.25) is 5.91 Å². The Morgan fingerprint density at radius 1 is 1.61 bits per heavy atom. The largest absolute Gasteiger partial charge is 0.480 e. The highest BCUT2D eigenvalue weighted by molar-refractivity contribution is 8.13. The number of ether oxygens (including phenoxy) is 1. The fraction of sp³-hybridized carbons (Fsp3) is 0.727. The first-order chi connectivity index (χ1) is 8.45. The normalized spacial score (nSPS) is 21.1. The van der Waals surface area contributed by atoms with Crippen LogP contribution in [-0.4, -0.2) is 59.1 Å². The van der Waals surface area contributed by atoms with Gasteiger partial charge in [-0.05, 0) is 5.92 Å². The van der Waals surface area contributed by atoms with Crippen LogP contribution in [-0.2, 0) is 19.1 Å². The molecule has 18 heavy (non-hydrogen) atoms. The molecule has 6 nitrogen and oxygen atoms in total. The summed E-state index contributed by atoms with van der Waals surface area (Å²) in [6.45, 7) is 1.83. The minimum absolute atomic E-state index is 0.00701. The minimum Gasteiger partial charge on any atom is -0.480 e. The minimum atomic E-state index is -1.06. The van der Waals surface area contributed by atoms with Crippen LogP contribution in [0.25, 0.3) is 0 Å². The molecule has 102 valence electrons. The average Bonchev–Trinajstić information content (AvgIpc) is 2.64. The molecule has 1 aliphatic heterocycles. The summed E-state index contributed by atoms with van der Waals surface area (Å²) in [7, 11) is 1.40. The molecular weight excluding hydrogens is 258 g/mol. The number of nitrogens with zero attached hydrogens (tertiary/aromatic N) is 1. The number of carboxylic acid groups (broad SMARTS) is 1. The van der Waals surface area contributed by atoms with Gasteiger partial charge in [-0.1, -0.05) is 11.8 Å². The Hall–Kier alpha value is -1.08. The van der Waals surface area contributed by atoms with Crippen LogP contribution in [0.1, 0.15) is 13.3 Å². The molecule has 1 rings (SSSR count). The highest BCUT2D eigenvalue weighted by Gasteiger charge is 2.37. The monoisotopic (exact) mass is 275 g/mol. The standard InChI is InChI=1S/C11H17NO5S/c1-7(13)18-6-8-3-10(14)12(4-8)9(5-17-2)11(15)16/h8-9H,3-6H2,1-2H3,(H,15,16)/t8?,9-/m0/s1. The maximum atomic E-state index is 11.8. The quantitative estimate of drug-likeness (QED) is 0.746.